The minimum Gasteiger partial charge on any atom is -0.501 e. The lowest BCUT2D eigenvalue weighted by Crippen LogP contribution is -2.25. The molecule has 0 aromatic rings. The Bertz CT molecular complexity index is 197. The van der Waals surface area contributed by atoms with Crippen molar-refractivity contribution in [3.05, 3.63) is 11.8 Å². The van der Waals surface area contributed by atoms with Crippen molar-refractivity contribution in [3.8, 4) is 0 Å². The Labute approximate surface area is 87.5 Å². The first-order valence-corrected chi connectivity index (χ1v) is 4.95. The summed E-state index contributed by atoms with van der Waals surface area (Å²) in [4.78, 5) is 6.08. The van der Waals surface area contributed by atoms with E-state index in [1.807, 2.05) is 6.92 Å². The van der Waals surface area contributed by atoms with Gasteiger partial charge in [-0.1, -0.05) is 0 Å². The molecule has 3 nitrogen and oxygen atoms in total. The van der Waals surface area contributed by atoms with E-state index in [4.69, 9.17) is 4.74 Å². The molecule has 0 bridgehead atoms. The second kappa shape index (κ2) is 7.56. The van der Waals surface area contributed by atoms with E-state index < -0.39 is 0 Å². The fourth-order valence-corrected chi connectivity index (χ4v) is 0.921. The Morgan fingerprint density at radius 2 is 2.14 bits per heavy atom. The first kappa shape index (κ1) is 13.2. The van der Waals surface area contributed by atoms with Crippen LogP contribution in [-0.2, 0) is 4.74 Å². The summed E-state index contributed by atoms with van der Waals surface area (Å²) >= 11 is 0. The molecule has 0 fully saturated rings. The largest absolute Gasteiger partial charge is 0.501 e. The van der Waals surface area contributed by atoms with Crippen LogP contribution in [0.1, 0.15) is 20.3 Å². The van der Waals surface area contributed by atoms with E-state index in [0.29, 0.717) is 6.04 Å². The van der Waals surface area contributed by atoms with Gasteiger partial charge in [-0.05, 0) is 34.4 Å². The fraction of sp³-hybridized carbons (Fsp3) is 0.727. The van der Waals surface area contributed by atoms with Gasteiger partial charge in [-0.15, -0.1) is 0 Å². The molecule has 82 valence electrons. The number of hydrogen-bond acceptors (Lipinski definition) is 3. The SMILES string of the molecule is CN=C/C(C)=C/OCC[C@@H](C)N(C)C. The van der Waals surface area contributed by atoms with Crippen molar-refractivity contribution >= 4 is 6.21 Å². The number of nitrogens with zero attached hydrogens (tertiary/aromatic N) is 2. The third-order valence-corrected chi connectivity index (χ3v) is 2.14. The quantitative estimate of drug-likeness (QED) is 0.370. The summed E-state index contributed by atoms with van der Waals surface area (Å²) < 4.78 is 5.39. The third-order valence-electron chi connectivity index (χ3n) is 2.14. The normalized spacial score (nSPS) is 15.1. The smallest absolute Gasteiger partial charge is 0.0888 e. The molecule has 3 heteroatoms. The summed E-state index contributed by atoms with van der Waals surface area (Å²) in [5.41, 5.74) is 1.05. The third kappa shape index (κ3) is 6.66. The van der Waals surface area contributed by atoms with Gasteiger partial charge in [-0.25, -0.2) is 0 Å². The van der Waals surface area contributed by atoms with Gasteiger partial charge in [0.05, 0.1) is 12.9 Å². The molecular weight excluding hydrogens is 176 g/mol. The Morgan fingerprint density at radius 3 is 2.64 bits per heavy atom. The molecule has 0 heterocycles. The molecule has 0 amide bonds. The standard InChI is InChI=1S/C11H22N2O/c1-10(8-12-3)9-14-7-6-11(2)13(4)5/h8-9,11H,6-7H2,1-5H3/b10-9+,12-8?/t11-/m1/s1. The molecule has 1 atom stereocenters. The van der Waals surface area contributed by atoms with Gasteiger partial charge in [-0.3, -0.25) is 4.99 Å². The molecule has 0 aliphatic heterocycles. The lowest BCUT2D eigenvalue weighted by atomic mass is 10.2. The van der Waals surface area contributed by atoms with E-state index in [2.05, 4.69) is 30.9 Å². The molecular formula is C11H22N2O. The van der Waals surface area contributed by atoms with E-state index in [1.54, 1.807) is 19.5 Å². The van der Waals surface area contributed by atoms with E-state index in [1.165, 1.54) is 0 Å². The van der Waals surface area contributed by atoms with Crippen molar-refractivity contribution < 1.29 is 4.74 Å². The van der Waals surface area contributed by atoms with Crippen LogP contribution in [0.2, 0.25) is 0 Å². The van der Waals surface area contributed by atoms with E-state index in [-0.39, 0.29) is 0 Å². The predicted molar refractivity (Wildman–Crippen MR) is 61.9 cm³/mol. The number of allylic oxidation sites excluding steroid dienone is 1. The summed E-state index contributed by atoms with van der Waals surface area (Å²) in [6.07, 6.45) is 4.59. The van der Waals surface area contributed by atoms with Crippen molar-refractivity contribution in [3.63, 3.8) is 0 Å². The number of rotatable bonds is 6. The minimum atomic E-state index is 0.559. The van der Waals surface area contributed by atoms with Gasteiger partial charge in [0.15, 0.2) is 0 Å². The molecule has 14 heavy (non-hydrogen) atoms. The second-order valence-electron chi connectivity index (χ2n) is 3.72. The first-order chi connectivity index (χ1) is 6.57. The monoisotopic (exact) mass is 198 g/mol. The molecule has 0 saturated heterocycles. The van der Waals surface area contributed by atoms with Gasteiger partial charge in [-0.2, -0.15) is 0 Å². The van der Waals surface area contributed by atoms with Crippen molar-refractivity contribution in [2.45, 2.75) is 26.3 Å². The number of aliphatic imine (C=N–C) groups is 1. The zero-order valence-electron chi connectivity index (χ0n) is 9.95. The van der Waals surface area contributed by atoms with Gasteiger partial charge in [0, 0.05) is 24.9 Å². The molecule has 0 saturated carbocycles. The summed E-state index contributed by atoms with van der Waals surface area (Å²) in [7, 11) is 5.91. The Hall–Kier alpha value is -0.830. The summed E-state index contributed by atoms with van der Waals surface area (Å²) in [5, 5.41) is 0. The average Bonchev–Trinajstić information content (AvgIpc) is 2.12. The van der Waals surface area contributed by atoms with Crippen LogP contribution in [0.4, 0.5) is 0 Å². The maximum Gasteiger partial charge on any atom is 0.0888 e. The fourth-order valence-electron chi connectivity index (χ4n) is 0.921. The lowest BCUT2D eigenvalue weighted by molar-refractivity contribution is 0.196. The van der Waals surface area contributed by atoms with Gasteiger partial charge >= 0.3 is 0 Å². The van der Waals surface area contributed by atoms with E-state index in [0.717, 1.165) is 18.6 Å². The van der Waals surface area contributed by atoms with Gasteiger partial charge < -0.3 is 9.64 Å². The molecule has 0 N–H and O–H groups in total. The maximum atomic E-state index is 5.39. The molecule has 0 aliphatic carbocycles. The average molecular weight is 198 g/mol. The van der Waals surface area contributed by atoms with E-state index in [9.17, 15) is 0 Å². The van der Waals surface area contributed by atoms with Crippen LogP contribution >= 0.6 is 0 Å². The highest BCUT2D eigenvalue weighted by molar-refractivity contribution is 5.76. The zero-order chi connectivity index (χ0) is 11.0. The Kier molecular flexibility index (Phi) is 7.11. The summed E-state index contributed by atoms with van der Waals surface area (Å²) in [5.74, 6) is 0. The molecule has 0 aliphatic rings. The van der Waals surface area contributed by atoms with Crippen LogP contribution in [0.15, 0.2) is 16.8 Å². The summed E-state index contributed by atoms with van der Waals surface area (Å²) in [6.45, 7) is 4.92. The highest BCUT2D eigenvalue weighted by atomic mass is 16.5. The van der Waals surface area contributed by atoms with E-state index >= 15 is 0 Å². The van der Waals surface area contributed by atoms with Crippen molar-refractivity contribution in [2.24, 2.45) is 4.99 Å². The highest BCUT2D eigenvalue weighted by Gasteiger charge is 2.02. The van der Waals surface area contributed by atoms with Gasteiger partial charge in [0.1, 0.15) is 0 Å². The number of hydrogen-bond donors (Lipinski definition) is 0. The van der Waals surface area contributed by atoms with Crippen LogP contribution in [0.3, 0.4) is 0 Å². The second-order valence-corrected chi connectivity index (χ2v) is 3.72. The molecule has 0 spiro atoms. The molecule has 0 rings (SSSR count). The first-order valence-electron chi connectivity index (χ1n) is 4.95. The molecule has 0 radical (unpaired) electrons. The molecule has 0 unspecified atom stereocenters. The Balaban J connectivity index is 3.60. The van der Waals surface area contributed by atoms with Crippen molar-refractivity contribution in [1.29, 1.82) is 0 Å². The summed E-state index contributed by atoms with van der Waals surface area (Å²) in [6, 6.07) is 0.559. The maximum absolute atomic E-state index is 5.39. The minimum absolute atomic E-state index is 0.559. The lowest BCUT2D eigenvalue weighted by Gasteiger charge is -2.18. The molecule has 0 aromatic heterocycles. The van der Waals surface area contributed by atoms with Crippen molar-refractivity contribution in [1.82, 2.24) is 4.90 Å². The van der Waals surface area contributed by atoms with Gasteiger partial charge in [0.25, 0.3) is 0 Å². The molecule has 0 aromatic carbocycles. The van der Waals surface area contributed by atoms with Crippen LogP contribution in [-0.4, -0.2) is 44.9 Å². The number of ether oxygens (including phenoxy) is 1. The topological polar surface area (TPSA) is 24.8 Å². The van der Waals surface area contributed by atoms with Crippen LogP contribution in [0.5, 0.6) is 0 Å². The zero-order valence-corrected chi connectivity index (χ0v) is 9.95. The van der Waals surface area contributed by atoms with Gasteiger partial charge in [0.2, 0.25) is 0 Å². The van der Waals surface area contributed by atoms with Crippen molar-refractivity contribution in [2.75, 3.05) is 27.7 Å². The van der Waals surface area contributed by atoms with Crippen LogP contribution in [0.25, 0.3) is 0 Å². The Morgan fingerprint density at radius 1 is 1.50 bits per heavy atom. The predicted octanol–water partition coefficient (Wildman–Crippen LogP) is 1.95. The highest BCUT2D eigenvalue weighted by Crippen LogP contribution is 1.99. The van der Waals surface area contributed by atoms with Crippen LogP contribution < -0.4 is 0 Å². The van der Waals surface area contributed by atoms with Crippen LogP contribution in [0, 0.1) is 0 Å².